The van der Waals surface area contributed by atoms with E-state index in [0.717, 1.165) is 12.8 Å². The minimum Gasteiger partial charge on any atom is -0.375 e. The number of rotatable bonds is 6. The van der Waals surface area contributed by atoms with Crippen molar-refractivity contribution in [2.75, 3.05) is 32.9 Å². The summed E-state index contributed by atoms with van der Waals surface area (Å²) in [6.45, 7) is 1.76. The number of carbonyl (C=O) groups excluding carboxylic acids is 1. The molecule has 1 N–H and O–H groups in total. The van der Waals surface area contributed by atoms with Crippen molar-refractivity contribution >= 4 is 6.03 Å². The first-order valence-corrected chi connectivity index (χ1v) is 7.54. The van der Waals surface area contributed by atoms with Crippen molar-refractivity contribution in [2.45, 2.75) is 25.4 Å². The second-order valence-corrected chi connectivity index (χ2v) is 5.24. The van der Waals surface area contributed by atoms with Crippen molar-refractivity contribution in [3.63, 3.8) is 0 Å². The lowest BCUT2D eigenvalue weighted by atomic mass is 10.1. The van der Waals surface area contributed by atoms with E-state index in [0.29, 0.717) is 32.7 Å². The fourth-order valence-corrected chi connectivity index (χ4v) is 2.42. The van der Waals surface area contributed by atoms with Gasteiger partial charge >= 0.3 is 6.03 Å². The van der Waals surface area contributed by atoms with Gasteiger partial charge in [0, 0.05) is 19.6 Å². The van der Waals surface area contributed by atoms with E-state index in [4.69, 9.17) is 4.74 Å². The van der Waals surface area contributed by atoms with Gasteiger partial charge in [-0.3, -0.25) is 4.39 Å². The molecule has 1 atom stereocenters. The van der Waals surface area contributed by atoms with Crippen LogP contribution in [0.3, 0.4) is 0 Å². The van der Waals surface area contributed by atoms with Crippen LogP contribution in [0.5, 0.6) is 0 Å². The van der Waals surface area contributed by atoms with E-state index in [-0.39, 0.29) is 12.1 Å². The molecule has 0 saturated carbocycles. The molecular formula is C16H23FN2O2. The van der Waals surface area contributed by atoms with Gasteiger partial charge in [0.2, 0.25) is 0 Å². The number of halogens is 1. The zero-order valence-electron chi connectivity index (χ0n) is 12.3. The van der Waals surface area contributed by atoms with Crippen molar-refractivity contribution in [3.8, 4) is 0 Å². The SMILES string of the molecule is O=C(NCCCF)N1CCO[C@@H](CCc2ccccc2)C1. The fraction of sp³-hybridized carbons (Fsp3) is 0.562. The summed E-state index contributed by atoms with van der Waals surface area (Å²) >= 11 is 0. The third kappa shape index (κ3) is 5.34. The largest absolute Gasteiger partial charge is 0.375 e. The van der Waals surface area contributed by atoms with E-state index >= 15 is 0 Å². The molecule has 1 aliphatic rings. The summed E-state index contributed by atoms with van der Waals surface area (Å²) < 4.78 is 17.7. The molecule has 1 aromatic rings. The first-order chi connectivity index (χ1) is 10.3. The lowest BCUT2D eigenvalue weighted by Crippen LogP contribution is -2.49. The Balaban J connectivity index is 1.74. The summed E-state index contributed by atoms with van der Waals surface area (Å²) in [6.07, 6.45) is 2.29. The summed E-state index contributed by atoms with van der Waals surface area (Å²) in [5, 5.41) is 2.74. The van der Waals surface area contributed by atoms with Gasteiger partial charge in [-0.15, -0.1) is 0 Å². The topological polar surface area (TPSA) is 41.6 Å². The molecular weight excluding hydrogens is 271 g/mol. The van der Waals surface area contributed by atoms with Crippen LogP contribution in [0.25, 0.3) is 0 Å². The molecule has 1 aromatic carbocycles. The molecule has 4 nitrogen and oxygen atoms in total. The molecule has 1 fully saturated rings. The molecule has 0 bridgehead atoms. The van der Waals surface area contributed by atoms with E-state index in [9.17, 15) is 9.18 Å². The number of amides is 2. The number of nitrogens with zero attached hydrogens (tertiary/aromatic N) is 1. The van der Waals surface area contributed by atoms with Gasteiger partial charge in [-0.1, -0.05) is 30.3 Å². The van der Waals surface area contributed by atoms with Gasteiger partial charge in [-0.2, -0.15) is 0 Å². The van der Waals surface area contributed by atoms with Crippen molar-refractivity contribution in [1.29, 1.82) is 0 Å². The zero-order valence-corrected chi connectivity index (χ0v) is 12.3. The van der Waals surface area contributed by atoms with E-state index in [1.54, 1.807) is 4.90 Å². The molecule has 2 rings (SSSR count). The number of alkyl halides is 1. The Morgan fingerprint density at radius 1 is 1.38 bits per heavy atom. The van der Waals surface area contributed by atoms with Gasteiger partial charge < -0.3 is 15.0 Å². The minimum atomic E-state index is -0.400. The zero-order chi connectivity index (χ0) is 14.9. The average molecular weight is 294 g/mol. The number of benzene rings is 1. The normalized spacial score (nSPS) is 18.5. The van der Waals surface area contributed by atoms with Crippen LogP contribution in [0.4, 0.5) is 9.18 Å². The maximum Gasteiger partial charge on any atom is 0.317 e. The molecule has 1 heterocycles. The molecule has 0 aliphatic carbocycles. The van der Waals surface area contributed by atoms with Crippen LogP contribution in [-0.4, -0.2) is 50.0 Å². The maximum atomic E-state index is 12.0. The summed E-state index contributed by atoms with van der Waals surface area (Å²) in [7, 11) is 0. The number of nitrogens with one attached hydrogen (secondary N) is 1. The number of hydrogen-bond acceptors (Lipinski definition) is 2. The highest BCUT2D eigenvalue weighted by atomic mass is 19.1. The molecule has 0 spiro atoms. The van der Waals surface area contributed by atoms with E-state index < -0.39 is 6.67 Å². The Morgan fingerprint density at radius 3 is 2.95 bits per heavy atom. The molecule has 21 heavy (non-hydrogen) atoms. The van der Waals surface area contributed by atoms with E-state index in [2.05, 4.69) is 17.4 Å². The van der Waals surface area contributed by atoms with Gasteiger partial charge in [0.1, 0.15) is 0 Å². The summed E-state index contributed by atoms with van der Waals surface area (Å²) in [5.74, 6) is 0. The molecule has 1 saturated heterocycles. The number of ether oxygens (including phenoxy) is 1. The molecule has 0 aromatic heterocycles. The quantitative estimate of drug-likeness (QED) is 0.819. The number of carbonyl (C=O) groups is 1. The smallest absolute Gasteiger partial charge is 0.317 e. The fourth-order valence-electron chi connectivity index (χ4n) is 2.42. The van der Waals surface area contributed by atoms with Gasteiger partial charge in [0.25, 0.3) is 0 Å². The van der Waals surface area contributed by atoms with Crippen LogP contribution in [0.15, 0.2) is 30.3 Å². The number of morpholine rings is 1. The van der Waals surface area contributed by atoms with Crippen molar-refractivity contribution in [2.24, 2.45) is 0 Å². The van der Waals surface area contributed by atoms with E-state index in [1.165, 1.54) is 5.56 Å². The first-order valence-electron chi connectivity index (χ1n) is 7.54. The summed E-state index contributed by atoms with van der Waals surface area (Å²) in [4.78, 5) is 13.7. The maximum absolute atomic E-state index is 12.0. The highest BCUT2D eigenvalue weighted by molar-refractivity contribution is 5.74. The van der Waals surface area contributed by atoms with Crippen LogP contribution < -0.4 is 5.32 Å². The van der Waals surface area contributed by atoms with Gasteiger partial charge in [0.15, 0.2) is 0 Å². The van der Waals surface area contributed by atoms with E-state index in [1.807, 2.05) is 18.2 Å². The monoisotopic (exact) mass is 294 g/mol. The molecule has 1 aliphatic heterocycles. The summed E-state index contributed by atoms with van der Waals surface area (Å²) in [5.41, 5.74) is 1.28. The second-order valence-electron chi connectivity index (χ2n) is 5.24. The van der Waals surface area contributed by atoms with Crippen LogP contribution in [-0.2, 0) is 11.2 Å². The Bertz CT molecular complexity index is 428. The molecule has 5 heteroatoms. The molecule has 2 amide bonds. The van der Waals surface area contributed by atoms with Crippen molar-refractivity contribution in [1.82, 2.24) is 10.2 Å². The number of aryl methyl sites for hydroxylation is 1. The number of urea groups is 1. The van der Waals surface area contributed by atoms with Crippen LogP contribution in [0.1, 0.15) is 18.4 Å². The predicted octanol–water partition coefficient (Wildman–Crippen LogP) is 2.39. The Hall–Kier alpha value is -1.62. The standard InChI is InChI=1S/C16H23FN2O2/c17-9-4-10-18-16(20)19-11-12-21-15(13-19)8-7-14-5-2-1-3-6-14/h1-3,5-6,15H,4,7-13H2,(H,18,20)/t15-/m0/s1. The average Bonchev–Trinajstić information content (AvgIpc) is 2.54. The highest BCUT2D eigenvalue weighted by Crippen LogP contribution is 2.12. The number of hydrogen-bond donors (Lipinski definition) is 1. The predicted molar refractivity (Wildman–Crippen MR) is 80.1 cm³/mol. The highest BCUT2D eigenvalue weighted by Gasteiger charge is 2.23. The lowest BCUT2D eigenvalue weighted by Gasteiger charge is -2.33. The third-order valence-corrected chi connectivity index (χ3v) is 3.61. The second kappa shape index (κ2) is 8.62. The molecule has 0 unspecified atom stereocenters. The molecule has 0 radical (unpaired) electrons. The Labute approximate surface area is 125 Å². The van der Waals surface area contributed by atoms with Crippen molar-refractivity contribution < 1.29 is 13.9 Å². The lowest BCUT2D eigenvalue weighted by molar-refractivity contribution is -0.0176. The van der Waals surface area contributed by atoms with Gasteiger partial charge in [-0.25, -0.2) is 4.79 Å². The summed E-state index contributed by atoms with van der Waals surface area (Å²) in [6, 6.07) is 10.2. The van der Waals surface area contributed by atoms with Crippen LogP contribution in [0.2, 0.25) is 0 Å². The first kappa shape index (κ1) is 15.8. The Kier molecular flexibility index (Phi) is 6.47. The van der Waals surface area contributed by atoms with Crippen LogP contribution >= 0.6 is 0 Å². The Morgan fingerprint density at radius 2 is 2.19 bits per heavy atom. The van der Waals surface area contributed by atoms with Gasteiger partial charge in [0.05, 0.1) is 19.4 Å². The third-order valence-electron chi connectivity index (χ3n) is 3.61. The van der Waals surface area contributed by atoms with Crippen molar-refractivity contribution in [3.05, 3.63) is 35.9 Å². The van der Waals surface area contributed by atoms with Gasteiger partial charge in [-0.05, 0) is 24.8 Å². The van der Waals surface area contributed by atoms with Crippen LogP contribution in [0, 0.1) is 0 Å². The minimum absolute atomic E-state index is 0.0749. The molecule has 116 valence electrons.